The molecule has 1 aromatic heterocycles. The van der Waals surface area contributed by atoms with E-state index >= 15 is 0 Å². The van der Waals surface area contributed by atoms with Gasteiger partial charge in [0.15, 0.2) is 0 Å². The number of anilines is 2. The van der Waals surface area contributed by atoms with Crippen molar-refractivity contribution >= 4 is 17.7 Å². The fourth-order valence-corrected chi connectivity index (χ4v) is 3.77. The number of nitrogens with two attached hydrogens (primary N) is 1. The number of nitrogen functional groups attached to an aromatic ring is 1. The third-order valence-electron chi connectivity index (χ3n) is 5.79. The molecule has 34 heavy (non-hydrogen) atoms. The van der Waals surface area contributed by atoms with E-state index in [1.807, 2.05) is 45.3 Å². The van der Waals surface area contributed by atoms with Crippen LogP contribution in [0, 0.1) is 6.92 Å². The van der Waals surface area contributed by atoms with Gasteiger partial charge in [0.2, 0.25) is 5.95 Å². The van der Waals surface area contributed by atoms with Gasteiger partial charge in [-0.2, -0.15) is 4.98 Å². The molecule has 1 heterocycles. The van der Waals surface area contributed by atoms with Crippen molar-refractivity contribution in [2.45, 2.75) is 64.8 Å². The van der Waals surface area contributed by atoms with Crippen LogP contribution in [0.2, 0.25) is 0 Å². The molecule has 0 aliphatic carbocycles. The molecule has 0 bridgehead atoms. The lowest BCUT2D eigenvalue weighted by atomic mass is 10.0. The normalized spacial score (nSPS) is 12.1. The Morgan fingerprint density at radius 3 is 2.50 bits per heavy atom. The van der Waals surface area contributed by atoms with Crippen LogP contribution in [-0.2, 0) is 22.4 Å². The van der Waals surface area contributed by atoms with Crippen LogP contribution in [0.1, 0.15) is 61.4 Å². The monoisotopic (exact) mass is 471 g/mol. The minimum Gasteiger partial charge on any atom is -0.465 e. The van der Waals surface area contributed by atoms with Crippen LogP contribution in [0.5, 0.6) is 0 Å². The van der Waals surface area contributed by atoms with E-state index in [1.165, 1.54) is 0 Å². The van der Waals surface area contributed by atoms with E-state index in [9.17, 15) is 4.79 Å². The Kier molecular flexibility index (Phi) is 11.8. The van der Waals surface area contributed by atoms with Gasteiger partial charge in [0, 0.05) is 30.3 Å². The molecule has 0 amide bonds. The van der Waals surface area contributed by atoms with E-state index in [2.05, 4.69) is 27.1 Å². The van der Waals surface area contributed by atoms with E-state index in [-0.39, 0.29) is 31.0 Å². The van der Waals surface area contributed by atoms with Crippen molar-refractivity contribution in [3.8, 4) is 0 Å². The third kappa shape index (κ3) is 9.65. The number of carbonyl (C=O) groups excluding carboxylic acids is 1. The first-order chi connectivity index (χ1) is 16.3. The van der Waals surface area contributed by atoms with Crippen molar-refractivity contribution in [1.29, 1.82) is 0 Å². The maximum Gasteiger partial charge on any atom is 0.310 e. The Balaban J connectivity index is 1.98. The van der Waals surface area contributed by atoms with Gasteiger partial charge in [0.25, 0.3) is 0 Å². The second kappa shape index (κ2) is 14.5. The summed E-state index contributed by atoms with van der Waals surface area (Å²) >= 11 is 0. The first kappa shape index (κ1) is 27.5. The second-order valence-corrected chi connectivity index (χ2v) is 9.01. The standard InChI is InChI=1S/C26H41N5O3/c1-5-22(9-8-15-32)29-25-23(19(2)28-26(27)30-25)17-20-10-12-21(13-11-20)18-24(33)34-16-7-6-14-31(3)4/h10-13,22,32H,5-9,14-18H2,1-4H3,(H3,27,28,29,30)/t22-/m0/s1. The lowest BCUT2D eigenvalue weighted by molar-refractivity contribution is -0.142. The summed E-state index contributed by atoms with van der Waals surface area (Å²) in [5.74, 6) is 0.799. The molecular formula is C26H41N5O3. The number of ether oxygens (including phenoxy) is 1. The fourth-order valence-electron chi connectivity index (χ4n) is 3.77. The Morgan fingerprint density at radius 2 is 1.85 bits per heavy atom. The molecule has 0 aliphatic heterocycles. The smallest absolute Gasteiger partial charge is 0.310 e. The molecule has 1 aromatic carbocycles. The Bertz CT molecular complexity index is 887. The summed E-state index contributed by atoms with van der Waals surface area (Å²) in [6.45, 7) is 5.69. The van der Waals surface area contributed by atoms with Gasteiger partial charge in [-0.25, -0.2) is 4.98 Å². The van der Waals surface area contributed by atoms with E-state index in [0.29, 0.717) is 13.0 Å². The summed E-state index contributed by atoms with van der Waals surface area (Å²) in [6, 6.07) is 8.21. The average Bonchev–Trinajstić information content (AvgIpc) is 2.79. The number of carbonyl (C=O) groups is 1. The van der Waals surface area contributed by atoms with Crippen molar-refractivity contribution < 1.29 is 14.6 Å². The Morgan fingerprint density at radius 1 is 1.15 bits per heavy atom. The van der Waals surface area contributed by atoms with Crippen molar-refractivity contribution in [2.24, 2.45) is 0 Å². The minimum atomic E-state index is -0.194. The molecule has 0 saturated carbocycles. The number of aliphatic hydroxyl groups excluding tert-OH is 1. The number of unbranched alkanes of at least 4 members (excludes halogenated alkanes) is 1. The van der Waals surface area contributed by atoms with E-state index in [0.717, 1.165) is 66.9 Å². The molecule has 0 unspecified atom stereocenters. The number of aliphatic hydroxyl groups is 1. The zero-order valence-corrected chi connectivity index (χ0v) is 21.1. The fraction of sp³-hybridized carbons (Fsp3) is 0.577. The van der Waals surface area contributed by atoms with Gasteiger partial charge in [-0.05, 0) is 70.8 Å². The lowest BCUT2D eigenvalue weighted by Gasteiger charge is -2.20. The SMILES string of the molecule is CC[C@@H](CCCO)Nc1nc(N)nc(C)c1Cc1ccc(CC(=O)OCCCCN(C)C)cc1. The van der Waals surface area contributed by atoms with Gasteiger partial charge in [-0.15, -0.1) is 0 Å². The predicted molar refractivity (Wildman–Crippen MR) is 137 cm³/mol. The largest absolute Gasteiger partial charge is 0.465 e. The van der Waals surface area contributed by atoms with E-state index in [1.54, 1.807) is 0 Å². The van der Waals surface area contributed by atoms with Gasteiger partial charge < -0.3 is 25.8 Å². The topological polar surface area (TPSA) is 114 Å². The van der Waals surface area contributed by atoms with Crippen LogP contribution in [0.15, 0.2) is 24.3 Å². The number of aromatic nitrogens is 2. The summed E-state index contributed by atoms with van der Waals surface area (Å²) in [6.07, 6.45) is 5.33. The van der Waals surface area contributed by atoms with Crippen LogP contribution in [0.25, 0.3) is 0 Å². The summed E-state index contributed by atoms with van der Waals surface area (Å²) < 4.78 is 5.36. The number of hydrogen-bond acceptors (Lipinski definition) is 8. The number of esters is 1. The number of nitrogens with one attached hydrogen (secondary N) is 1. The van der Waals surface area contributed by atoms with E-state index < -0.39 is 0 Å². The zero-order chi connectivity index (χ0) is 24.9. The zero-order valence-electron chi connectivity index (χ0n) is 21.1. The summed E-state index contributed by atoms with van der Waals surface area (Å²) in [4.78, 5) is 23.1. The van der Waals surface area contributed by atoms with E-state index in [4.69, 9.17) is 15.6 Å². The summed E-state index contributed by atoms with van der Waals surface area (Å²) in [5.41, 5.74) is 9.80. The van der Waals surface area contributed by atoms with Crippen LogP contribution < -0.4 is 11.1 Å². The minimum absolute atomic E-state index is 0.173. The molecular weight excluding hydrogens is 430 g/mol. The van der Waals surface area contributed by atoms with Gasteiger partial charge in [0.1, 0.15) is 5.82 Å². The molecule has 0 fully saturated rings. The summed E-state index contributed by atoms with van der Waals surface area (Å²) in [7, 11) is 4.07. The number of rotatable bonds is 15. The van der Waals surface area contributed by atoms with Crippen molar-refractivity contribution in [3.05, 3.63) is 46.6 Å². The molecule has 4 N–H and O–H groups in total. The van der Waals surface area contributed by atoms with Crippen LogP contribution >= 0.6 is 0 Å². The first-order valence-electron chi connectivity index (χ1n) is 12.2. The Labute approximate surface area is 203 Å². The maximum absolute atomic E-state index is 12.1. The summed E-state index contributed by atoms with van der Waals surface area (Å²) in [5, 5.41) is 12.7. The van der Waals surface area contributed by atoms with Crippen molar-refractivity contribution in [3.63, 3.8) is 0 Å². The average molecular weight is 472 g/mol. The lowest BCUT2D eigenvalue weighted by Crippen LogP contribution is -2.22. The quantitative estimate of drug-likeness (QED) is 0.268. The van der Waals surface area contributed by atoms with Crippen LogP contribution in [-0.4, -0.2) is 65.8 Å². The number of aryl methyl sites for hydroxylation is 1. The molecule has 8 nitrogen and oxygen atoms in total. The molecule has 188 valence electrons. The van der Waals surface area contributed by atoms with Gasteiger partial charge in [-0.3, -0.25) is 4.79 Å². The number of hydrogen-bond donors (Lipinski definition) is 3. The maximum atomic E-state index is 12.1. The van der Waals surface area contributed by atoms with Crippen molar-refractivity contribution in [2.75, 3.05) is 44.9 Å². The molecule has 0 saturated heterocycles. The Hall–Kier alpha value is -2.71. The van der Waals surface area contributed by atoms with Gasteiger partial charge in [-0.1, -0.05) is 31.2 Å². The molecule has 8 heteroatoms. The number of nitrogens with zero attached hydrogens (tertiary/aromatic N) is 3. The van der Waals surface area contributed by atoms with Crippen LogP contribution in [0.3, 0.4) is 0 Å². The number of benzene rings is 1. The third-order valence-corrected chi connectivity index (χ3v) is 5.79. The molecule has 0 aliphatic rings. The highest BCUT2D eigenvalue weighted by molar-refractivity contribution is 5.72. The molecule has 1 atom stereocenters. The van der Waals surface area contributed by atoms with Crippen LogP contribution in [0.4, 0.5) is 11.8 Å². The highest BCUT2D eigenvalue weighted by Gasteiger charge is 2.15. The predicted octanol–water partition coefficient (Wildman–Crippen LogP) is 3.35. The highest BCUT2D eigenvalue weighted by Crippen LogP contribution is 2.23. The highest BCUT2D eigenvalue weighted by atomic mass is 16.5. The molecule has 2 rings (SSSR count). The molecule has 0 radical (unpaired) electrons. The second-order valence-electron chi connectivity index (χ2n) is 9.01. The first-order valence-corrected chi connectivity index (χ1v) is 12.2. The van der Waals surface area contributed by atoms with Crippen molar-refractivity contribution in [1.82, 2.24) is 14.9 Å². The van der Waals surface area contributed by atoms with Gasteiger partial charge >= 0.3 is 5.97 Å². The molecule has 0 spiro atoms. The van der Waals surface area contributed by atoms with Gasteiger partial charge in [0.05, 0.1) is 13.0 Å². The molecule has 2 aromatic rings.